The van der Waals surface area contributed by atoms with Gasteiger partial charge in [-0.05, 0) is 26.3 Å². The summed E-state index contributed by atoms with van der Waals surface area (Å²) in [6.07, 6.45) is 1.28. The molecule has 0 saturated carbocycles. The van der Waals surface area contributed by atoms with Crippen LogP contribution >= 0.6 is 11.3 Å². The number of urea groups is 1. The highest BCUT2D eigenvalue weighted by Gasteiger charge is 2.23. The molecular formula is C11H13N5O4S2. The first-order chi connectivity index (χ1) is 10.2. The fourth-order valence-electron chi connectivity index (χ4n) is 2.03. The number of aromatic nitrogens is 3. The SMILES string of the molecule is CC(=O)c1c(C)cn(S(=O)(=O)NC(=O)Nc2nncs2)c1C. The maximum absolute atomic E-state index is 12.2. The molecule has 2 N–H and O–H groups in total. The van der Waals surface area contributed by atoms with E-state index in [2.05, 4.69) is 15.5 Å². The Hall–Kier alpha value is -2.27. The van der Waals surface area contributed by atoms with Crippen LogP contribution in [-0.4, -0.2) is 34.4 Å². The number of hydrogen-bond acceptors (Lipinski definition) is 7. The summed E-state index contributed by atoms with van der Waals surface area (Å²) < 4.78 is 27.2. The van der Waals surface area contributed by atoms with Crippen molar-refractivity contribution in [2.24, 2.45) is 0 Å². The summed E-state index contributed by atoms with van der Waals surface area (Å²) in [6, 6.07) is -0.966. The molecule has 0 radical (unpaired) electrons. The maximum Gasteiger partial charge on any atom is 0.336 e. The van der Waals surface area contributed by atoms with Gasteiger partial charge >= 0.3 is 16.2 Å². The second-order valence-electron chi connectivity index (χ2n) is 4.43. The van der Waals surface area contributed by atoms with Crippen molar-refractivity contribution < 1.29 is 18.0 Å². The number of hydrogen-bond donors (Lipinski definition) is 2. The zero-order valence-electron chi connectivity index (χ0n) is 11.9. The molecule has 0 saturated heterocycles. The first-order valence-electron chi connectivity index (χ1n) is 6.02. The predicted molar refractivity (Wildman–Crippen MR) is 80.3 cm³/mol. The van der Waals surface area contributed by atoms with Crippen molar-refractivity contribution in [1.82, 2.24) is 18.9 Å². The molecule has 0 bridgehead atoms. The molecule has 0 spiro atoms. The quantitative estimate of drug-likeness (QED) is 0.801. The predicted octanol–water partition coefficient (Wildman–Crippen LogP) is 1.07. The minimum absolute atomic E-state index is 0.164. The zero-order chi connectivity index (χ0) is 16.5. The molecule has 2 rings (SSSR count). The monoisotopic (exact) mass is 343 g/mol. The first kappa shape index (κ1) is 16.1. The van der Waals surface area contributed by atoms with E-state index in [4.69, 9.17) is 0 Å². The summed E-state index contributed by atoms with van der Waals surface area (Å²) in [4.78, 5) is 23.2. The fourth-order valence-corrected chi connectivity index (χ4v) is 3.60. The topological polar surface area (TPSA) is 123 Å². The molecule has 2 aromatic rings. The number of Topliss-reactive ketones (excluding diaryl/α,β-unsaturated/α-hetero) is 1. The highest BCUT2D eigenvalue weighted by atomic mass is 32.2. The number of nitrogens with one attached hydrogen (secondary N) is 2. The number of amides is 2. The third-order valence-electron chi connectivity index (χ3n) is 2.81. The summed E-state index contributed by atoms with van der Waals surface area (Å²) >= 11 is 1.05. The van der Waals surface area contributed by atoms with E-state index in [0.29, 0.717) is 11.1 Å². The summed E-state index contributed by atoms with van der Waals surface area (Å²) in [5.41, 5.74) is 2.46. The second kappa shape index (κ2) is 5.85. The molecule has 11 heteroatoms. The van der Waals surface area contributed by atoms with Crippen molar-refractivity contribution in [3.63, 3.8) is 0 Å². The van der Waals surface area contributed by atoms with Crippen molar-refractivity contribution >= 4 is 38.5 Å². The smallest absolute Gasteiger partial charge is 0.294 e. The van der Waals surface area contributed by atoms with Gasteiger partial charge < -0.3 is 0 Å². The molecule has 2 aromatic heterocycles. The Morgan fingerprint density at radius 3 is 2.50 bits per heavy atom. The average Bonchev–Trinajstić information content (AvgIpc) is 2.96. The summed E-state index contributed by atoms with van der Waals surface area (Å²) in [5.74, 6) is -0.248. The molecule has 0 aromatic carbocycles. The lowest BCUT2D eigenvalue weighted by Gasteiger charge is -2.09. The van der Waals surface area contributed by atoms with Crippen LogP contribution < -0.4 is 10.0 Å². The number of aryl methyl sites for hydroxylation is 1. The van der Waals surface area contributed by atoms with Crippen LogP contribution in [0.5, 0.6) is 0 Å². The van der Waals surface area contributed by atoms with E-state index < -0.39 is 16.2 Å². The molecule has 118 valence electrons. The van der Waals surface area contributed by atoms with Gasteiger partial charge in [-0.1, -0.05) is 11.3 Å². The average molecular weight is 343 g/mol. The van der Waals surface area contributed by atoms with E-state index >= 15 is 0 Å². The Bertz CT molecular complexity index is 823. The molecule has 9 nitrogen and oxygen atoms in total. The van der Waals surface area contributed by atoms with E-state index in [-0.39, 0.29) is 16.6 Å². The highest BCUT2D eigenvalue weighted by molar-refractivity contribution is 7.88. The van der Waals surface area contributed by atoms with Crippen LogP contribution in [0, 0.1) is 13.8 Å². The molecule has 0 aliphatic rings. The van der Waals surface area contributed by atoms with E-state index in [1.54, 1.807) is 6.92 Å². The summed E-state index contributed by atoms with van der Waals surface area (Å²) in [7, 11) is -4.17. The Morgan fingerprint density at radius 1 is 1.32 bits per heavy atom. The number of nitrogens with zero attached hydrogens (tertiary/aromatic N) is 3. The number of anilines is 1. The number of carbonyl (C=O) groups is 2. The van der Waals surface area contributed by atoms with Gasteiger partial charge in [0.15, 0.2) is 5.78 Å². The van der Waals surface area contributed by atoms with Crippen LogP contribution in [-0.2, 0) is 10.2 Å². The Kier molecular flexibility index (Phi) is 4.28. The molecule has 0 fully saturated rings. The molecule has 0 unspecified atom stereocenters. The standard InChI is InChI=1S/C11H13N5O4S2/c1-6-4-16(7(2)9(6)8(3)17)22(19,20)15-10(18)13-11-14-12-5-21-11/h4-5H,1-3H3,(H2,13,14,15,18). The minimum Gasteiger partial charge on any atom is -0.294 e. The molecule has 0 atom stereocenters. The van der Waals surface area contributed by atoms with Crippen LogP contribution in [0.25, 0.3) is 0 Å². The van der Waals surface area contributed by atoms with Crippen LogP contribution in [0.4, 0.5) is 9.93 Å². The van der Waals surface area contributed by atoms with E-state index in [0.717, 1.165) is 15.3 Å². The molecule has 2 amide bonds. The molecule has 0 aliphatic heterocycles. The fraction of sp³-hybridized carbons (Fsp3) is 0.273. The molecule has 22 heavy (non-hydrogen) atoms. The highest BCUT2D eigenvalue weighted by Crippen LogP contribution is 2.18. The van der Waals surface area contributed by atoms with Crippen LogP contribution in [0.2, 0.25) is 0 Å². The summed E-state index contributed by atoms with van der Waals surface area (Å²) in [5, 5.41) is 9.49. The Morgan fingerprint density at radius 2 is 2.00 bits per heavy atom. The van der Waals surface area contributed by atoms with Crippen LogP contribution in [0.15, 0.2) is 11.7 Å². The zero-order valence-corrected chi connectivity index (χ0v) is 13.6. The lowest BCUT2D eigenvalue weighted by molar-refractivity contribution is 0.101. The van der Waals surface area contributed by atoms with Gasteiger partial charge in [-0.15, -0.1) is 10.2 Å². The number of ketones is 1. The van der Waals surface area contributed by atoms with Crippen molar-refractivity contribution in [1.29, 1.82) is 0 Å². The Labute approximate surface area is 130 Å². The van der Waals surface area contributed by atoms with Crippen LogP contribution in [0.3, 0.4) is 0 Å². The lowest BCUT2D eigenvalue weighted by Crippen LogP contribution is -2.38. The minimum atomic E-state index is -4.17. The van der Waals surface area contributed by atoms with E-state index in [1.807, 2.05) is 4.72 Å². The Balaban J connectivity index is 2.26. The summed E-state index contributed by atoms with van der Waals surface area (Å²) in [6.45, 7) is 4.46. The van der Waals surface area contributed by atoms with Gasteiger partial charge in [-0.3, -0.25) is 10.1 Å². The van der Waals surface area contributed by atoms with Crippen molar-refractivity contribution in [2.45, 2.75) is 20.8 Å². The van der Waals surface area contributed by atoms with Crippen molar-refractivity contribution in [2.75, 3.05) is 5.32 Å². The molecular weight excluding hydrogens is 330 g/mol. The van der Waals surface area contributed by atoms with Gasteiger partial charge in [0.2, 0.25) is 5.13 Å². The van der Waals surface area contributed by atoms with Crippen molar-refractivity contribution in [3.8, 4) is 0 Å². The van der Waals surface area contributed by atoms with Gasteiger partial charge in [0.05, 0.1) is 0 Å². The lowest BCUT2D eigenvalue weighted by atomic mass is 10.1. The number of carbonyl (C=O) groups excluding carboxylic acids is 2. The van der Waals surface area contributed by atoms with Gasteiger partial charge in [-0.2, -0.15) is 8.42 Å². The normalized spacial score (nSPS) is 11.2. The van der Waals surface area contributed by atoms with Crippen molar-refractivity contribution in [3.05, 3.63) is 28.5 Å². The van der Waals surface area contributed by atoms with E-state index in [9.17, 15) is 18.0 Å². The van der Waals surface area contributed by atoms with Crippen LogP contribution in [0.1, 0.15) is 28.5 Å². The van der Waals surface area contributed by atoms with Gasteiger partial charge in [-0.25, -0.2) is 13.5 Å². The second-order valence-corrected chi connectivity index (χ2v) is 6.81. The maximum atomic E-state index is 12.2. The van der Waals surface area contributed by atoms with Gasteiger partial charge in [0.1, 0.15) is 5.51 Å². The number of rotatable bonds is 4. The third-order valence-corrected chi connectivity index (χ3v) is 4.76. The third kappa shape index (κ3) is 3.14. The van der Waals surface area contributed by atoms with Gasteiger partial charge in [0, 0.05) is 17.5 Å². The first-order valence-corrected chi connectivity index (χ1v) is 8.34. The molecule has 2 heterocycles. The van der Waals surface area contributed by atoms with E-state index in [1.165, 1.54) is 25.6 Å². The molecule has 0 aliphatic carbocycles. The van der Waals surface area contributed by atoms with Gasteiger partial charge in [0.25, 0.3) is 0 Å². The largest absolute Gasteiger partial charge is 0.336 e.